The Balaban J connectivity index is 0.00000106. The summed E-state index contributed by atoms with van der Waals surface area (Å²) in [4.78, 5) is 2.55. The van der Waals surface area contributed by atoms with Crippen molar-refractivity contribution >= 4 is 5.69 Å². The van der Waals surface area contributed by atoms with Crippen molar-refractivity contribution in [2.75, 3.05) is 18.0 Å². The lowest BCUT2D eigenvalue weighted by atomic mass is 9.85. The third kappa shape index (κ3) is 5.05. The number of rotatable bonds is 2. The van der Waals surface area contributed by atoms with Crippen molar-refractivity contribution in [2.24, 2.45) is 11.8 Å². The number of anilines is 1. The maximum absolute atomic E-state index is 2.55. The molecule has 1 aromatic carbocycles. The summed E-state index contributed by atoms with van der Waals surface area (Å²) in [6.07, 6.45) is 2.69. The second-order valence-corrected chi connectivity index (χ2v) is 7.37. The van der Waals surface area contributed by atoms with Crippen LogP contribution in [-0.2, 0) is 5.41 Å². The highest BCUT2D eigenvalue weighted by molar-refractivity contribution is 5.48. The third-order valence-electron chi connectivity index (χ3n) is 4.58. The molecule has 0 unspecified atom stereocenters. The van der Waals surface area contributed by atoms with Gasteiger partial charge >= 0.3 is 0 Å². The van der Waals surface area contributed by atoms with Gasteiger partial charge in [-0.15, -0.1) is 0 Å². The second kappa shape index (κ2) is 7.87. The average Bonchev–Trinajstić information content (AvgIpc) is 2.49. The molecule has 21 heavy (non-hydrogen) atoms. The Hall–Kier alpha value is -0.980. The van der Waals surface area contributed by atoms with Crippen LogP contribution >= 0.6 is 0 Å². The van der Waals surface area contributed by atoms with E-state index in [1.54, 1.807) is 0 Å². The van der Waals surface area contributed by atoms with E-state index in [1.807, 2.05) is 13.8 Å². The summed E-state index contributed by atoms with van der Waals surface area (Å²) in [5.41, 5.74) is 3.08. The fourth-order valence-corrected chi connectivity index (χ4v) is 3.00. The van der Waals surface area contributed by atoms with Gasteiger partial charge in [0, 0.05) is 18.8 Å². The van der Waals surface area contributed by atoms with Gasteiger partial charge in [0.05, 0.1) is 0 Å². The highest BCUT2D eigenvalue weighted by Crippen LogP contribution is 2.29. The van der Waals surface area contributed by atoms with E-state index in [2.05, 4.69) is 63.8 Å². The van der Waals surface area contributed by atoms with Crippen molar-refractivity contribution in [2.45, 2.75) is 66.7 Å². The molecule has 1 saturated heterocycles. The summed E-state index contributed by atoms with van der Waals surface area (Å²) < 4.78 is 0. The van der Waals surface area contributed by atoms with E-state index in [1.165, 1.54) is 37.2 Å². The fraction of sp³-hybridized carbons (Fsp3) is 0.700. The van der Waals surface area contributed by atoms with Crippen LogP contribution in [0.5, 0.6) is 0 Å². The quantitative estimate of drug-likeness (QED) is 0.657. The van der Waals surface area contributed by atoms with Crippen LogP contribution in [0.15, 0.2) is 24.3 Å². The van der Waals surface area contributed by atoms with Gasteiger partial charge in [-0.1, -0.05) is 60.6 Å². The average molecular weight is 290 g/mol. The van der Waals surface area contributed by atoms with E-state index in [9.17, 15) is 0 Å². The molecule has 1 aliphatic heterocycles. The summed E-state index contributed by atoms with van der Waals surface area (Å²) in [6, 6.07) is 9.19. The maximum atomic E-state index is 2.55. The van der Waals surface area contributed by atoms with Crippen molar-refractivity contribution in [3.8, 4) is 0 Å². The lowest BCUT2D eigenvalue weighted by Crippen LogP contribution is -2.35. The van der Waals surface area contributed by atoms with Gasteiger partial charge in [-0.3, -0.25) is 0 Å². The van der Waals surface area contributed by atoms with Crippen molar-refractivity contribution in [1.82, 2.24) is 0 Å². The molecule has 0 N–H and O–H groups in total. The van der Waals surface area contributed by atoms with E-state index >= 15 is 0 Å². The number of benzene rings is 1. The topological polar surface area (TPSA) is 3.24 Å². The monoisotopic (exact) mass is 289 g/mol. The van der Waals surface area contributed by atoms with Crippen molar-refractivity contribution in [3.05, 3.63) is 29.8 Å². The maximum Gasteiger partial charge on any atom is 0.0366 e. The molecule has 1 fully saturated rings. The zero-order valence-electron chi connectivity index (χ0n) is 15.2. The Morgan fingerprint density at radius 2 is 1.43 bits per heavy atom. The van der Waals surface area contributed by atoms with Crippen molar-refractivity contribution in [3.63, 3.8) is 0 Å². The molecule has 0 aliphatic carbocycles. The number of piperidine rings is 1. The summed E-state index contributed by atoms with van der Waals surface area (Å²) in [5, 5.41) is 0. The Kier molecular flexibility index (Phi) is 6.77. The molecule has 0 aromatic heterocycles. The van der Waals surface area contributed by atoms with Crippen LogP contribution in [0.3, 0.4) is 0 Å². The third-order valence-corrected chi connectivity index (χ3v) is 4.58. The fourth-order valence-electron chi connectivity index (χ4n) is 3.00. The van der Waals surface area contributed by atoms with Crippen molar-refractivity contribution in [1.29, 1.82) is 0 Å². The first-order valence-electron chi connectivity index (χ1n) is 8.73. The standard InChI is InChI=1S/C18H29N.C2H6/c1-14(2)15-10-12-19(13-11-15)17-8-6-16(7-9-17)18(3,4)5;1-2/h6-9,14-15H,10-13H2,1-5H3;1-2H3. The van der Waals surface area contributed by atoms with Gasteiger partial charge in [0.1, 0.15) is 0 Å². The lowest BCUT2D eigenvalue weighted by molar-refractivity contribution is 0.311. The van der Waals surface area contributed by atoms with Crippen LogP contribution < -0.4 is 4.90 Å². The number of nitrogens with zero attached hydrogens (tertiary/aromatic N) is 1. The van der Waals surface area contributed by atoms with Crippen LogP contribution in [0, 0.1) is 11.8 Å². The molecule has 0 saturated carbocycles. The Labute approximate surface area is 132 Å². The van der Waals surface area contributed by atoms with Crippen LogP contribution in [0.1, 0.15) is 66.9 Å². The van der Waals surface area contributed by atoms with Gasteiger partial charge in [0.25, 0.3) is 0 Å². The first-order valence-corrected chi connectivity index (χ1v) is 8.73. The van der Waals surface area contributed by atoms with Crippen LogP contribution in [0.4, 0.5) is 5.69 Å². The van der Waals surface area contributed by atoms with Gasteiger partial charge in [-0.25, -0.2) is 0 Å². The minimum absolute atomic E-state index is 0.253. The van der Waals surface area contributed by atoms with Gasteiger partial charge < -0.3 is 4.90 Å². The predicted molar refractivity (Wildman–Crippen MR) is 96.3 cm³/mol. The summed E-state index contributed by atoms with van der Waals surface area (Å²) >= 11 is 0. The summed E-state index contributed by atoms with van der Waals surface area (Å²) in [7, 11) is 0. The van der Waals surface area contributed by atoms with E-state index in [4.69, 9.17) is 0 Å². The van der Waals surface area contributed by atoms with Gasteiger partial charge in [0.2, 0.25) is 0 Å². The minimum Gasteiger partial charge on any atom is -0.372 e. The minimum atomic E-state index is 0.253. The highest BCUT2D eigenvalue weighted by atomic mass is 15.1. The van der Waals surface area contributed by atoms with E-state index in [-0.39, 0.29) is 5.41 Å². The molecular formula is C20H35N. The Morgan fingerprint density at radius 1 is 0.952 bits per heavy atom. The lowest BCUT2D eigenvalue weighted by Gasteiger charge is -2.35. The molecule has 2 rings (SSSR count). The second-order valence-electron chi connectivity index (χ2n) is 7.37. The van der Waals surface area contributed by atoms with E-state index < -0.39 is 0 Å². The molecule has 1 heterocycles. The smallest absolute Gasteiger partial charge is 0.0366 e. The molecule has 1 nitrogen and oxygen atoms in total. The highest BCUT2D eigenvalue weighted by Gasteiger charge is 2.22. The van der Waals surface area contributed by atoms with Crippen molar-refractivity contribution < 1.29 is 0 Å². The van der Waals surface area contributed by atoms with E-state index in [0.717, 1.165) is 11.8 Å². The molecular weight excluding hydrogens is 254 g/mol. The molecule has 0 radical (unpaired) electrons. The number of hydrogen-bond donors (Lipinski definition) is 0. The van der Waals surface area contributed by atoms with Gasteiger partial charge in [0.15, 0.2) is 0 Å². The molecule has 120 valence electrons. The normalized spacial score (nSPS) is 16.7. The molecule has 1 aliphatic rings. The van der Waals surface area contributed by atoms with Gasteiger partial charge in [-0.05, 0) is 47.8 Å². The van der Waals surface area contributed by atoms with Crippen LogP contribution in [-0.4, -0.2) is 13.1 Å². The SMILES string of the molecule is CC.CC(C)C1CCN(c2ccc(C(C)(C)C)cc2)CC1. The van der Waals surface area contributed by atoms with Crippen LogP contribution in [0.2, 0.25) is 0 Å². The zero-order valence-corrected chi connectivity index (χ0v) is 15.2. The summed E-state index contributed by atoms with van der Waals surface area (Å²) in [5.74, 6) is 1.76. The van der Waals surface area contributed by atoms with Gasteiger partial charge in [-0.2, -0.15) is 0 Å². The molecule has 0 bridgehead atoms. The first-order chi connectivity index (χ1) is 9.88. The molecule has 0 atom stereocenters. The molecule has 1 heteroatoms. The summed E-state index contributed by atoms with van der Waals surface area (Å²) in [6.45, 7) is 18.0. The number of hydrogen-bond acceptors (Lipinski definition) is 1. The largest absolute Gasteiger partial charge is 0.372 e. The Morgan fingerprint density at radius 3 is 1.81 bits per heavy atom. The predicted octanol–water partition coefficient (Wildman–Crippen LogP) is 5.88. The van der Waals surface area contributed by atoms with E-state index in [0.29, 0.717) is 0 Å². The molecule has 0 amide bonds. The first kappa shape index (κ1) is 18.1. The van der Waals surface area contributed by atoms with Crippen LogP contribution in [0.25, 0.3) is 0 Å². The molecule has 0 spiro atoms. The molecule has 1 aromatic rings. The Bertz CT molecular complexity index is 389. The zero-order chi connectivity index (χ0) is 16.0.